The topological polar surface area (TPSA) is 67.2 Å². The number of carbonyl (C=O) groups is 1. The van der Waals surface area contributed by atoms with E-state index >= 15 is 0 Å². The van der Waals surface area contributed by atoms with Crippen LogP contribution >= 0.6 is 0 Å². The number of amides is 1. The van der Waals surface area contributed by atoms with Gasteiger partial charge in [0.25, 0.3) is 5.91 Å². The van der Waals surface area contributed by atoms with Gasteiger partial charge in [-0.15, -0.1) is 10.2 Å². The number of anilines is 1. The summed E-state index contributed by atoms with van der Waals surface area (Å²) in [7, 11) is 0. The van der Waals surface area contributed by atoms with Crippen LogP contribution in [0.25, 0.3) is 5.82 Å². The Morgan fingerprint density at radius 2 is 1.63 bits per heavy atom. The van der Waals surface area contributed by atoms with Crippen molar-refractivity contribution < 1.29 is 9.18 Å². The molecule has 4 rings (SSSR count). The van der Waals surface area contributed by atoms with Gasteiger partial charge in [-0.25, -0.2) is 9.37 Å². The van der Waals surface area contributed by atoms with Crippen molar-refractivity contribution in [1.82, 2.24) is 24.6 Å². The van der Waals surface area contributed by atoms with Gasteiger partial charge in [-0.05, 0) is 43.3 Å². The first-order valence-corrected chi connectivity index (χ1v) is 8.76. The minimum Gasteiger partial charge on any atom is -0.352 e. The third-order valence-electron chi connectivity index (χ3n) is 4.69. The van der Waals surface area contributed by atoms with Gasteiger partial charge in [-0.1, -0.05) is 0 Å². The van der Waals surface area contributed by atoms with Gasteiger partial charge in [-0.3, -0.25) is 9.36 Å². The van der Waals surface area contributed by atoms with Crippen molar-refractivity contribution in [2.45, 2.75) is 6.92 Å². The Labute approximate surface area is 156 Å². The molecule has 0 N–H and O–H groups in total. The molecule has 1 amide bonds. The highest BCUT2D eigenvalue weighted by Gasteiger charge is 2.23. The molecule has 1 fully saturated rings. The Bertz CT molecular complexity index is 930. The summed E-state index contributed by atoms with van der Waals surface area (Å²) in [5, 5.41) is 8.60. The van der Waals surface area contributed by atoms with Crippen molar-refractivity contribution in [3.63, 3.8) is 0 Å². The van der Waals surface area contributed by atoms with Crippen LogP contribution in [0, 0.1) is 12.7 Å². The molecule has 1 aliphatic rings. The lowest BCUT2D eigenvalue weighted by Gasteiger charge is -2.35. The van der Waals surface area contributed by atoms with Crippen LogP contribution in [0.1, 0.15) is 16.2 Å². The second-order valence-electron chi connectivity index (χ2n) is 6.38. The van der Waals surface area contributed by atoms with Gasteiger partial charge in [-0.2, -0.15) is 0 Å². The molecular weight excluding hydrogens is 347 g/mol. The van der Waals surface area contributed by atoms with E-state index in [2.05, 4.69) is 20.1 Å². The predicted octanol–water partition coefficient (Wildman–Crippen LogP) is 2.07. The zero-order valence-electron chi connectivity index (χ0n) is 14.9. The van der Waals surface area contributed by atoms with Crippen LogP contribution in [0.3, 0.4) is 0 Å². The van der Waals surface area contributed by atoms with Crippen LogP contribution in [0.5, 0.6) is 0 Å². The molecular formula is C19H19FN6O. The van der Waals surface area contributed by atoms with Gasteiger partial charge >= 0.3 is 0 Å². The molecule has 0 aliphatic carbocycles. The van der Waals surface area contributed by atoms with E-state index in [-0.39, 0.29) is 11.7 Å². The fourth-order valence-corrected chi connectivity index (χ4v) is 3.15. The van der Waals surface area contributed by atoms with Crippen LogP contribution in [0.4, 0.5) is 10.2 Å². The van der Waals surface area contributed by atoms with Crippen LogP contribution < -0.4 is 4.90 Å². The molecule has 0 atom stereocenters. The fraction of sp³-hybridized carbons (Fsp3) is 0.263. The molecule has 0 bridgehead atoms. The molecule has 3 heterocycles. The number of aromatic nitrogens is 4. The number of carbonyl (C=O) groups excluding carboxylic acids is 1. The SMILES string of the molecule is Cc1nccn1-c1ccc(N2CCN(C(=O)c3ccc(F)cc3)CC2)nn1. The number of aryl methyl sites for hydroxylation is 1. The average molecular weight is 366 g/mol. The quantitative estimate of drug-likeness (QED) is 0.710. The number of piperazine rings is 1. The first-order chi connectivity index (χ1) is 13.1. The van der Waals surface area contributed by atoms with Gasteiger partial charge < -0.3 is 9.80 Å². The zero-order valence-corrected chi connectivity index (χ0v) is 14.9. The lowest BCUT2D eigenvalue weighted by Crippen LogP contribution is -2.49. The summed E-state index contributed by atoms with van der Waals surface area (Å²) in [6, 6.07) is 9.50. The van der Waals surface area contributed by atoms with Crippen LogP contribution in [0.2, 0.25) is 0 Å². The van der Waals surface area contributed by atoms with Crippen LogP contribution in [-0.2, 0) is 0 Å². The molecule has 7 nitrogen and oxygen atoms in total. The molecule has 3 aromatic rings. The number of nitrogens with zero attached hydrogens (tertiary/aromatic N) is 6. The van der Waals surface area contributed by atoms with Gasteiger partial charge in [0.15, 0.2) is 11.6 Å². The van der Waals surface area contributed by atoms with E-state index in [1.165, 1.54) is 24.3 Å². The average Bonchev–Trinajstić information content (AvgIpc) is 3.14. The third kappa shape index (κ3) is 3.51. The maximum atomic E-state index is 13.0. The molecule has 8 heteroatoms. The molecule has 2 aromatic heterocycles. The number of hydrogen-bond donors (Lipinski definition) is 0. The van der Waals surface area contributed by atoms with E-state index in [4.69, 9.17) is 0 Å². The van der Waals surface area contributed by atoms with Gasteiger partial charge in [0, 0.05) is 44.1 Å². The monoisotopic (exact) mass is 366 g/mol. The molecule has 1 saturated heterocycles. The van der Waals surface area contributed by atoms with Gasteiger partial charge in [0.1, 0.15) is 11.6 Å². The van der Waals surface area contributed by atoms with Crippen molar-refractivity contribution in [1.29, 1.82) is 0 Å². The van der Waals surface area contributed by atoms with Crippen molar-refractivity contribution >= 4 is 11.7 Å². The Kier molecular flexibility index (Phi) is 4.53. The maximum absolute atomic E-state index is 13.0. The van der Waals surface area contributed by atoms with Gasteiger partial charge in [0.05, 0.1) is 0 Å². The second-order valence-corrected chi connectivity index (χ2v) is 6.38. The fourth-order valence-electron chi connectivity index (χ4n) is 3.15. The van der Waals surface area contributed by atoms with Crippen molar-refractivity contribution in [3.8, 4) is 5.82 Å². The number of rotatable bonds is 3. The highest BCUT2D eigenvalue weighted by Crippen LogP contribution is 2.16. The van der Waals surface area contributed by atoms with E-state index in [9.17, 15) is 9.18 Å². The van der Waals surface area contributed by atoms with Crippen molar-refractivity contribution in [2.75, 3.05) is 31.1 Å². The molecule has 27 heavy (non-hydrogen) atoms. The van der Waals surface area contributed by atoms with E-state index in [1.807, 2.05) is 29.8 Å². The number of benzene rings is 1. The zero-order chi connectivity index (χ0) is 18.8. The summed E-state index contributed by atoms with van der Waals surface area (Å²) in [5.74, 6) is 1.94. The maximum Gasteiger partial charge on any atom is 0.253 e. The number of hydrogen-bond acceptors (Lipinski definition) is 5. The normalized spacial score (nSPS) is 14.4. The molecule has 0 saturated carbocycles. The summed E-state index contributed by atoms with van der Waals surface area (Å²) in [6.45, 7) is 4.42. The molecule has 0 unspecified atom stereocenters. The highest BCUT2D eigenvalue weighted by molar-refractivity contribution is 5.94. The lowest BCUT2D eigenvalue weighted by molar-refractivity contribution is 0.0746. The molecule has 1 aliphatic heterocycles. The number of imidazole rings is 1. The van der Waals surface area contributed by atoms with Crippen LogP contribution in [-0.4, -0.2) is 56.7 Å². The van der Waals surface area contributed by atoms with Crippen molar-refractivity contribution in [2.24, 2.45) is 0 Å². The van der Waals surface area contributed by atoms with Gasteiger partial charge in [0.2, 0.25) is 0 Å². The lowest BCUT2D eigenvalue weighted by atomic mass is 10.2. The Morgan fingerprint density at radius 1 is 0.963 bits per heavy atom. The summed E-state index contributed by atoms with van der Waals surface area (Å²) >= 11 is 0. The molecule has 0 spiro atoms. The summed E-state index contributed by atoms with van der Waals surface area (Å²) < 4.78 is 14.9. The van der Waals surface area contributed by atoms with E-state index in [1.54, 1.807) is 11.1 Å². The summed E-state index contributed by atoms with van der Waals surface area (Å²) in [6.07, 6.45) is 3.57. The minimum atomic E-state index is -0.343. The second kappa shape index (κ2) is 7.14. The predicted molar refractivity (Wildman–Crippen MR) is 98.4 cm³/mol. The minimum absolute atomic E-state index is 0.0772. The Morgan fingerprint density at radius 3 is 2.22 bits per heavy atom. The molecule has 138 valence electrons. The summed E-state index contributed by atoms with van der Waals surface area (Å²) in [4.78, 5) is 20.6. The van der Waals surface area contributed by atoms with E-state index < -0.39 is 0 Å². The molecule has 1 aromatic carbocycles. The Hall–Kier alpha value is -3.29. The number of halogens is 1. The third-order valence-corrected chi connectivity index (χ3v) is 4.69. The smallest absolute Gasteiger partial charge is 0.253 e. The largest absolute Gasteiger partial charge is 0.352 e. The summed E-state index contributed by atoms with van der Waals surface area (Å²) in [5.41, 5.74) is 0.504. The highest BCUT2D eigenvalue weighted by atomic mass is 19.1. The standard InChI is InChI=1S/C19H19FN6O/c1-14-21-8-9-26(14)18-7-6-17(22-23-18)24-10-12-25(13-11-24)19(27)15-2-4-16(20)5-3-15/h2-9H,10-13H2,1H3. The first kappa shape index (κ1) is 17.1. The van der Waals surface area contributed by atoms with Crippen LogP contribution in [0.15, 0.2) is 48.8 Å². The molecule has 0 radical (unpaired) electrons. The van der Waals surface area contributed by atoms with E-state index in [0.29, 0.717) is 31.7 Å². The first-order valence-electron chi connectivity index (χ1n) is 8.76. The Balaban J connectivity index is 1.39. The van der Waals surface area contributed by atoms with E-state index in [0.717, 1.165) is 17.5 Å². The van der Waals surface area contributed by atoms with Crippen molar-refractivity contribution in [3.05, 3.63) is 66.0 Å².